The van der Waals surface area contributed by atoms with E-state index >= 15 is 0 Å². The van der Waals surface area contributed by atoms with Crippen molar-refractivity contribution in [3.05, 3.63) is 19.8 Å². The topological polar surface area (TPSA) is 12.0 Å². The number of aryl methyl sites for hydroxylation is 1. The Hall–Kier alpha value is 0.430. The highest BCUT2D eigenvalue weighted by Crippen LogP contribution is 2.32. The van der Waals surface area contributed by atoms with E-state index in [1.54, 1.807) is 11.3 Å². The van der Waals surface area contributed by atoms with Crippen LogP contribution in [-0.4, -0.2) is 13.1 Å². The second kappa shape index (κ2) is 7.66. The Morgan fingerprint density at radius 3 is 2.80 bits per heavy atom. The molecule has 4 heteroatoms. The summed E-state index contributed by atoms with van der Waals surface area (Å²) in [5.74, 6) is 0. The first-order valence-corrected chi connectivity index (χ1v) is 7.37. The fraction of sp³-hybridized carbons (Fsp3) is 0.636. The van der Waals surface area contributed by atoms with Crippen LogP contribution in [0.4, 0.5) is 0 Å². The molecule has 1 aromatic heterocycles. The van der Waals surface area contributed by atoms with Gasteiger partial charge in [-0.15, -0.1) is 11.3 Å². The van der Waals surface area contributed by atoms with Gasteiger partial charge < -0.3 is 5.32 Å². The molecule has 1 N–H and O–H groups in total. The van der Waals surface area contributed by atoms with Crippen molar-refractivity contribution in [3.63, 3.8) is 0 Å². The van der Waals surface area contributed by atoms with Gasteiger partial charge in [0, 0.05) is 9.35 Å². The third-order valence-corrected chi connectivity index (χ3v) is 4.76. The minimum atomic E-state index is 0.873. The predicted octanol–water partition coefficient (Wildman–Crippen LogP) is 4.49. The number of thiophene rings is 1. The molecule has 0 spiro atoms. The van der Waals surface area contributed by atoms with Crippen LogP contribution in [-0.2, 0) is 6.42 Å². The molecule has 1 aromatic rings. The van der Waals surface area contributed by atoms with Gasteiger partial charge in [-0.3, -0.25) is 0 Å². The van der Waals surface area contributed by atoms with Crippen molar-refractivity contribution < 1.29 is 0 Å². The monoisotopic (exact) mass is 309 g/mol. The van der Waals surface area contributed by atoms with Crippen LogP contribution in [0.25, 0.3) is 0 Å². The Kier molecular flexibility index (Phi) is 6.89. The molecule has 0 unspecified atom stereocenters. The largest absolute Gasteiger partial charge is 0.317 e. The van der Waals surface area contributed by atoms with Crippen molar-refractivity contribution in [3.8, 4) is 0 Å². The van der Waals surface area contributed by atoms with E-state index < -0.39 is 0 Å². The number of rotatable bonds is 7. The van der Waals surface area contributed by atoms with Crippen molar-refractivity contribution in [1.82, 2.24) is 5.32 Å². The van der Waals surface area contributed by atoms with Gasteiger partial charge in [-0.2, -0.15) is 0 Å². The maximum atomic E-state index is 5.97. The lowest BCUT2D eigenvalue weighted by atomic mass is 10.2. The summed E-state index contributed by atoms with van der Waals surface area (Å²) < 4.78 is 1.91. The van der Waals surface area contributed by atoms with E-state index in [9.17, 15) is 0 Å². The quantitative estimate of drug-likeness (QED) is 0.732. The van der Waals surface area contributed by atoms with E-state index in [0.29, 0.717) is 0 Å². The number of halogens is 2. The van der Waals surface area contributed by atoms with E-state index in [4.69, 9.17) is 11.6 Å². The van der Waals surface area contributed by atoms with Crippen LogP contribution in [0.1, 0.15) is 31.1 Å². The summed E-state index contributed by atoms with van der Waals surface area (Å²) in [6, 6.07) is 2.14. The van der Waals surface area contributed by atoms with Gasteiger partial charge in [0.15, 0.2) is 0 Å². The summed E-state index contributed by atoms with van der Waals surface area (Å²) in [7, 11) is 0. The van der Waals surface area contributed by atoms with Crippen molar-refractivity contribution >= 4 is 38.9 Å². The highest BCUT2D eigenvalue weighted by Gasteiger charge is 2.03. The molecule has 0 radical (unpaired) electrons. The number of hydrogen-bond acceptors (Lipinski definition) is 2. The SMILES string of the molecule is CCNCCCCCc1cc(Br)c(Cl)s1. The zero-order valence-electron chi connectivity index (χ0n) is 8.98. The van der Waals surface area contributed by atoms with Gasteiger partial charge in [0.1, 0.15) is 4.34 Å². The van der Waals surface area contributed by atoms with Gasteiger partial charge in [-0.25, -0.2) is 0 Å². The Labute approximate surface area is 109 Å². The summed E-state index contributed by atoms with van der Waals surface area (Å²) in [6.45, 7) is 4.37. The molecule has 0 saturated carbocycles. The van der Waals surface area contributed by atoms with Gasteiger partial charge in [0.25, 0.3) is 0 Å². The van der Waals surface area contributed by atoms with Crippen molar-refractivity contribution in [2.24, 2.45) is 0 Å². The van der Waals surface area contributed by atoms with Crippen LogP contribution in [0.3, 0.4) is 0 Å². The summed E-state index contributed by atoms with van der Waals surface area (Å²) in [5.41, 5.74) is 0. The molecule has 86 valence electrons. The Morgan fingerprint density at radius 2 is 2.20 bits per heavy atom. The van der Waals surface area contributed by atoms with Crippen molar-refractivity contribution in [2.75, 3.05) is 13.1 Å². The maximum Gasteiger partial charge on any atom is 0.107 e. The molecule has 0 saturated heterocycles. The van der Waals surface area contributed by atoms with Crippen LogP contribution in [0.15, 0.2) is 10.5 Å². The molecule has 0 atom stereocenters. The molecule has 0 fully saturated rings. The molecular formula is C11H17BrClNS. The fourth-order valence-corrected chi connectivity index (χ4v) is 3.25. The number of nitrogens with one attached hydrogen (secondary N) is 1. The fourth-order valence-electron chi connectivity index (χ4n) is 1.42. The zero-order valence-corrected chi connectivity index (χ0v) is 12.1. The third-order valence-electron chi connectivity index (χ3n) is 2.22. The highest BCUT2D eigenvalue weighted by atomic mass is 79.9. The van der Waals surface area contributed by atoms with E-state index in [0.717, 1.165) is 28.3 Å². The highest BCUT2D eigenvalue weighted by molar-refractivity contribution is 9.10. The average Bonchev–Trinajstić information content (AvgIpc) is 2.52. The molecule has 0 amide bonds. The first-order valence-electron chi connectivity index (χ1n) is 5.38. The van der Waals surface area contributed by atoms with E-state index in [2.05, 4.69) is 34.2 Å². The second-order valence-corrected chi connectivity index (χ2v) is 6.09. The molecule has 0 aliphatic rings. The Bertz CT molecular complexity index is 269. The van der Waals surface area contributed by atoms with E-state index in [1.807, 2.05) is 0 Å². The van der Waals surface area contributed by atoms with E-state index in [1.165, 1.54) is 24.1 Å². The first kappa shape index (κ1) is 13.5. The van der Waals surface area contributed by atoms with Crippen LogP contribution >= 0.6 is 38.9 Å². The predicted molar refractivity (Wildman–Crippen MR) is 73.1 cm³/mol. The summed E-state index contributed by atoms with van der Waals surface area (Å²) in [5, 5.41) is 3.33. The van der Waals surface area contributed by atoms with Gasteiger partial charge in [0.2, 0.25) is 0 Å². The molecule has 1 nitrogen and oxygen atoms in total. The first-order chi connectivity index (χ1) is 7.24. The van der Waals surface area contributed by atoms with Gasteiger partial charge in [-0.1, -0.05) is 24.9 Å². The smallest absolute Gasteiger partial charge is 0.107 e. The van der Waals surface area contributed by atoms with Crippen LogP contribution in [0.5, 0.6) is 0 Å². The van der Waals surface area contributed by atoms with Crippen molar-refractivity contribution in [2.45, 2.75) is 32.6 Å². The second-order valence-electron chi connectivity index (χ2n) is 3.50. The lowest BCUT2D eigenvalue weighted by Gasteiger charge is -2.00. The van der Waals surface area contributed by atoms with Crippen LogP contribution in [0, 0.1) is 0 Å². The molecule has 0 bridgehead atoms. The Balaban J connectivity index is 2.10. The van der Waals surface area contributed by atoms with Gasteiger partial charge in [0.05, 0.1) is 0 Å². The summed E-state index contributed by atoms with van der Waals surface area (Å²) >= 11 is 11.1. The molecular weight excluding hydrogens is 294 g/mol. The van der Waals surface area contributed by atoms with Crippen LogP contribution in [0.2, 0.25) is 4.34 Å². The average molecular weight is 311 g/mol. The molecule has 1 rings (SSSR count). The number of unbranched alkanes of at least 4 members (excludes halogenated alkanes) is 2. The third kappa shape index (κ3) is 5.34. The molecule has 0 aliphatic carbocycles. The normalized spacial score (nSPS) is 10.9. The zero-order chi connectivity index (χ0) is 11.1. The Morgan fingerprint density at radius 1 is 1.40 bits per heavy atom. The van der Waals surface area contributed by atoms with E-state index in [-0.39, 0.29) is 0 Å². The molecule has 15 heavy (non-hydrogen) atoms. The number of hydrogen-bond donors (Lipinski definition) is 1. The van der Waals surface area contributed by atoms with Crippen molar-refractivity contribution in [1.29, 1.82) is 0 Å². The standard InChI is InChI=1S/C11H17BrClNS/c1-2-14-7-5-3-4-6-9-8-10(12)11(13)15-9/h8,14H,2-7H2,1H3. The minimum absolute atomic E-state index is 0.873. The lowest BCUT2D eigenvalue weighted by Crippen LogP contribution is -2.13. The molecule has 1 heterocycles. The summed E-state index contributed by atoms with van der Waals surface area (Å²) in [4.78, 5) is 1.38. The van der Waals surface area contributed by atoms with Gasteiger partial charge >= 0.3 is 0 Å². The van der Waals surface area contributed by atoms with Crippen LogP contribution < -0.4 is 5.32 Å². The summed E-state index contributed by atoms with van der Waals surface area (Å²) in [6.07, 6.45) is 4.98. The van der Waals surface area contributed by atoms with Gasteiger partial charge in [-0.05, 0) is 54.3 Å². The maximum absolute atomic E-state index is 5.97. The lowest BCUT2D eigenvalue weighted by molar-refractivity contribution is 0.618. The molecule has 0 aliphatic heterocycles. The molecule has 0 aromatic carbocycles. The minimum Gasteiger partial charge on any atom is -0.317 e.